The molecule has 0 heterocycles. The molecule has 118 valence electrons. The van der Waals surface area contributed by atoms with Crippen LogP contribution in [0.25, 0.3) is 0 Å². The van der Waals surface area contributed by atoms with Gasteiger partial charge in [-0.05, 0) is 27.7 Å². The maximum absolute atomic E-state index is 11.9. The number of urea groups is 1. The lowest BCUT2D eigenvalue weighted by Gasteiger charge is -2.33. The highest BCUT2D eigenvalue weighted by Gasteiger charge is 2.35. The average Bonchev–Trinajstić information content (AvgIpc) is 2.21. The van der Waals surface area contributed by atoms with E-state index in [0.29, 0.717) is 0 Å². The molecule has 0 aliphatic carbocycles. The van der Waals surface area contributed by atoms with E-state index >= 15 is 0 Å². The van der Waals surface area contributed by atoms with Gasteiger partial charge in [0.1, 0.15) is 5.54 Å². The first-order chi connectivity index (χ1) is 8.69. The lowest BCUT2D eigenvalue weighted by atomic mass is 10.0. The highest BCUT2D eigenvalue weighted by atomic mass is 32.2. The molecule has 0 aromatic rings. The van der Waals surface area contributed by atoms with Crippen LogP contribution in [-0.2, 0) is 14.8 Å². The van der Waals surface area contributed by atoms with E-state index in [2.05, 4.69) is 10.0 Å². The highest BCUT2D eigenvalue weighted by Crippen LogP contribution is 2.12. The molecular formula is C11H23N3O5S. The number of sulfonamides is 1. The Kier molecular flexibility index (Phi) is 5.56. The van der Waals surface area contributed by atoms with Gasteiger partial charge in [0, 0.05) is 19.1 Å². The van der Waals surface area contributed by atoms with Crippen molar-refractivity contribution in [1.82, 2.24) is 14.9 Å². The molecule has 0 bridgehead atoms. The number of carbonyl (C=O) groups excluding carboxylic acids is 1. The van der Waals surface area contributed by atoms with Gasteiger partial charge in [0.2, 0.25) is 10.0 Å². The molecule has 2 amide bonds. The number of carboxylic acids is 1. The minimum Gasteiger partial charge on any atom is -0.480 e. The quantitative estimate of drug-likeness (QED) is 0.629. The number of nitrogens with one attached hydrogen (secondary N) is 2. The molecule has 20 heavy (non-hydrogen) atoms. The molecule has 0 aliphatic rings. The average molecular weight is 309 g/mol. The zero-order valence-electron chi connectivity index (χ0n) is 12.6. The fraction of sp³-hybridized carbons (Fsp3) is 0.818. The third-order valence-electron chi connectivity index (χ3n) is 2.81. The first kappa shape index (κ1) is 18.7. The van der Waals surface area contributed by atoms with Crippen molar-refractivity contribution >= 4 is 22.0 Å². The summed E-state index contributed by atoms with van der Waals surface area (Å²) in [7, 11) is -2.04. The van der Waals surface area contributed by atoms with Crippen LogP contribution in [-0.4, -0.2) is 61.4 Å². The predicted molar refractivity (Wildman–Crippen MR) is 74.9 cm³/mol. The first-order valence-electron chi connectivity index (χ1n) is 5.93. The summed E-state index contributed by atoms with van der Waals surface area (Å²) in [6, 6.07) is -0.597. The van der Waals surface area contributed by atoms with Crippen molar-refractivity contribution in [3.05, 3.63) is 0 Å². The van der Waals surface area contributed by atoms with Crippen molar-refractivity contribution in [2.75, 3.05) is 19.8 Å². The van der Waals surface area contributed by atoms with E-state index in [-0.39, 0.29) is 6.54 Å². The van der Waals surface area contributed by atoms with E-state index < -0.39 is 33.1 Å². The van der Waals surface area contributed by atoms with Crippen LogP contribution in [0.4, 0.5) is 4.79 Å². The molecule has 0 spiro atoms. The topological polar surface area (TPSA) is 116 Å². The van der Waals surface area contributed by atoms with Crippen LogP contribution >= 0.6 is 0 Å². The molecule has 0 fully saturated rings. The molecule has 3 N–H and O–H groups in total. The molecule has 0 atom stereocenters. The molecule has 0 rings (SSSR count). The Morgan fingerprint density at radius 2 is 1.65 bits per heavy atom. The third-order valence-corrected chi connectivity index (χ3v) is 3.73. The first-order valence-corrected chi connectivity index (χ1v) is 7.82. The summed E-state index contributed by atoms with van der Waals surface area (Å²) in [6.07, 6.45) is 1.02. The summed E-state index contributed by atoms with van der Waals surface area (Å²) < 4.78 is 24.7. The zero-order chi connectivity index (χ0) is 16.4. The highest BCUT2D eigenvalue weighted by molar-refractivity contribution is 7.88. The van der Waals surface area contributed by atoms with E-state index in [4.69, 9.17) is 5.11 Å². The Morgan fingerprint density at radius 3 is 2.00 bits per heavy atom. The molecule has 0 aromatic carbocycles. The molecule has 9 heteroatoms. The van der Waals surface area contributed by atoms with Crippen molar-refractivity contribution in [3.63, 3.8) is 0 Å². The van der Waals surface area contributed by atoms with Crippen LogP contribution in [0.5, 0.6) is 0 Å². The second-order valence-electron chi connectivity index (χ2n) is 5.84. The number of amides is 2. The van der Waals surface area contributed by atoms with Gasteiger partial charge in [0.05, 0.1) is 6.26 Å². The SMILES string of the molecule is CN(C(=O)NCC(C)(C)NS(C)(=O)=O)C(C)(C)C(=O)O. The lowest BCUT2D eigenvalue weighted by Crippen LogP contribution is -2.57. The van der Waals surface area contributed by atoms with Crippen LogP contribution in [0, 0.1) is 0 Å². The van der Waals surface area contributed by atoms with Gasteiger partial charge < -0.3 is 15.3 Å². The Bertz CT molecular complexity index is 484. The van der Waals surface area contributed by atoms with Gasteiger partial charge in [-0.25, -0.2) is 22.7 Å². The summed E-state index contributed by atoms with van der Waals surface area (Å²) in [5.74, 6) is -1.14. The summed E-state index contributed by atoms with van der Waals surface area (Å²) in [6.45, 7) is 6.04. The fourth-order valence-corrected chi connectivity index (χ4v) is 2.43. The second-order valence-corrected chi connectivity index (χ2v) is 7.59. The van der Waals surface area contributed by atoms with Gasteiger partial charge in [0.25, 0.3) is 0 Å². The Morgan fingerprint density at radius 1 is 1.20 bits per heavy atom. The van der Waals surface area contributed by atoms with Crippen molar-refractivity contribution in [3.8, 4) is 0 Å². The monoisotopic (exact) mass is 309 g/mol. The van der Waals surface area contributed by atoms with E-state index in [0.717, 1.165) is 11.2 Å². The van der Waals surface area contributed by atoms with Gasteiger partial charge in [-0.1, -0.05) is 0 Å². The number of hydrogen-bond donors (Lipinski definition) is 3. The minimum atomic E-state index is -3.40. The number of carboxylic acid groups (broad SMARTS) is 1. The van der Waals surface area contributed by atoms with Crippen LogP contribution in [0.15, 0.2) is 0 Å². The number of aliphatic carboxylic acids is 1. The van der Waals surface area contributed by atoms with E-state index in [9.17, 15) is 18.0 Å². The Balaban J connectivity index is 4.68. The molecule has 0 radical (unpaired) electrons. The third kappa shape index (κ3) is 5.74. The summed E-state index contributed by atoms with van der Waals surface area (Å²) in [5.41, 5.74) is -2.24. The maximum Gasteiger partial charge on any atom is 0.329 e. The largest absolute Gasteiger partial charge is 0.480 e. The molecule has 0 saturated heterocycles. The lowest BCUT2D eigenvalue weighted by molar-refractivity contribution is -0.146. The van der Waals surface area contributed by atoms with Crippen LogP contribution < -0.4 is 10.0 Å². The number of hydrogen-bond acceptors (Lipinski definition) is 4. The molecule has 8 nitrogen and oxygen atoms in total. The molecule has 0 unspecified atom stereocenters. The molecule has 0 aromatic heterocycles. The Labute approximate surface area is 119 Å². The zero-order valence-corrected chi connectivity index (χ0v) is 13.5. The minimum absolute atomic E-state index is 0.0267. The van der Waals surface area contributed by atoms with Crippen LogP contribution in [0.1, 0.15) is 27.7 Å². The van der Waals surface area contributed by atoms with E-state index in [1.165, 1.54) is 20.9 Å². The number of carbonyl (C=O) groups is 2. The maximum atomic E-state index is 11.9. The smallest absolute Gasteiger partial charge is 0.329 e. The number of nitrogens with zero attached hydrogens (tertiary/aromatic N) is 1. The van der Waals surface area contributed by atoms with Gasteiger partial charge >= 0.3 is 12.0 Å². The van der Waals surface area contributed by atoms with Crippen LogP contribution in [0.3, 0.4) is 0 Å². The normalized spacial score (nSPS) is 12.9. The van der Waals surface area contributed by atoms with E-state index in [1.54, 1.807) is 13.8 Å². The van der Waals surface area contributed by atoms with Crippen molar-refractivity contribution < 1.29 is 23.1 Å². The van der Waals surface area contributed by atoms with Gasteiger partial charge in [-0.15, -0.1) is 0 Å². The second kappa shape index (κ2) is 5.96. The van der Waals surface area contributed by atoms with Gasteiger partial charge in [-0.2, -0.15) is 0 Å². The van der Waals surface area contributed by atoms with Crippen molar-refractivity contribution in [1.29, 1.82) is 0 Å². The fourth-order valence-electron chi connectivity index (χ4n) is 1.35. The van der Waals surface area contributed by atoms with E-state index in [1.807, 2.05) is 0 Å². The molecule has 0 aliphatic heterocycles. The van der Waals surface area contributed by atoms with Crippen LogP contribution in [0.2, 0.25) is 0 Å². The molecule has 0 saturated carbocycles. The molecular weight excluding hydrogens is 286 g/mol. The van der Waals surface area contributed by atoms with Crippen molar-refractivity contribution in [2.24, 2.45) is 0 Å². The summed E-state index contributed by atoms with van der Waals surface area (Å²) in [5, 5.41) is 11.5. The summed E-state index contributed by atoms with van der Waals surface area (Å²) in [4.78, 5) is 24.0. The number of likely N-dealkylation sites (N-methyl/N-ethyl adjacent to an activating group) is 1. The van der Waals surface area contributed by atoms with Gasteiger partial charge in [0.15, 0.2) is 0 Å². The predicted octanol–water partition coefficient (Wildman–Crippen LogP) is -0.181. The standard InChI is InChI=1S/C11H23N3O5S/c1-10(2,13-20(6,18)19)7-12-9(17)14(5)11(3,4)8(15)16/h13H,7H2,1-6H3,(H,12,17)(H,15,16). The van der Waals surface area contributed by atoms with Gasteiger partial charge in [-0.3, -0.25) is 0 Å². The van der Waals surface area contributed by atoms with Crippen molar-refractivity contribution in [2.45, 2.75) is 38.8 Å². The number of rotatable bonds is 6. The summed E-state index contributed by atoms with van der Waals surface area (Å²) >= 11 is 0. The Hall–Kier alpha value is -1.35.